The summed E-state index contributed by atoms with van der Waals surface area (Å²) in [5.74, 6) is -0.253. The van der Waals surface area contributed by atoms with Gasteiger partial charge in [0, 0.05) is 23.9 Å². The molecule has 0 radical (unpaired) electrons. The molecule has 1 aliphatic heterocycles. The quantitative estimate of drug-likeness (QED) is 0.826. The number of aryl methyl sites for hydroxylation is 1. The van der Waals surface area contributed by atoms with Crippen LogP contribution in [0.3, 0.4) is 0 Å². The maximum atomic E-state index is 13.3. The van der Waals surface area contributed by atoms with E-state index in [9.17, 15) is 9.18 Å². The first-order chi connectivity index (χ1) is 11.6. The van der Waals surface area contributed by atoms with Crippen LogP contribution >= 0.6 is 0 Å². The number of hydrogen-bond acceptors (Lipinski definition) is 2. The van der Waals surface area contributed by atoms with E-state index in [4.69, 9.17) is 4.42 Å². The van der Waals surface area contributed by atoms with Crippen molar-refractivity contribution in [2.24, 2.45) is 0 Å². The molecular formula is C19H26FN2O2+. The second kappa shape index (κ2) is 7.34. The standard InChI is InChI=1S/C19H25FN2O2/c1-13-6-3-4-10-22(13)11-5-9-21-19(23)18-14(2)16-12-15(20)7-8-17(16)24-18/h7-8,12-13H,3-6,9-11H2,1-2H3,(H,21,23)/p+1/t13-/m1/s1. The number of benzene rings is 1. The lowest BCUT2D eigenvalue weighted by molar-refractivity contribution is -0.928. The van der Waals surface area contributed by atoms with Crippen LogP contribution in [-0.2, 0) is 0 Å². The Bertz CT molecular complexity index is 725. The summed E-state index contributed by atoms with van der Waals surface area (Å²) in [4.78, 5) is 14.0. The Morgan fingerprint density at radius 3 is 3.04 bits per heavy atom. The monoisotopic (exact) mass is 333 g/mol. The normalized spacial score (nSPS) is 21.1. The molecule has 1 unspecified atom stereocenters. The van der Waals surface area contributed by atoms with Gasteiger partial charge in [-0.15, -0.1) is 0 Å². The number of furan rings is 1. The van der Waals surface area contributed by atoms with Crippen molar-refractivity contribution in [1.82, 2.24) is 5.32 Å². The van der Waals surface area contributed by atoms with Crippen LogP contribution in [0.1, 0.15) is 48.7 Å². The van der Waals surface area contributed by atoms with Crippen molar-refractivity contribution < 1.29 is 18.5 Å². The van der Waals surface area contributed by atoms with Gasteiger partial charge in [0.05, 0.1) is 19.1 Å². The highest BCUT2D eigenvalue weighted by Crippen LogP contribution is 2.25. The molecule has 2 aromatic rings. The molecule has 5 heteroatoms. The molecule has 2 heterocycles. The maximum absolute atomic E-state index is 13.3. The van der Waals surface area contributed by atoms with E-state index < -0.39 is 0 Å². The first-order valence-corrected chi connectivity index (χ1v) is 8.87. The molecule has 1 aromatic carbocycles. The number of fused-ring (bicyclic) bond motifs is 1. The van der Waals surface area contributed by atoms with Gasteiger partial charge in [-0.2, -0.15) is 0 Å². The molecule has 0 bridgehead atoms. The summed E-state index contributed by atoms with van der Waals surface area (Å²) >= 11 is 0. The van der Waals surface area contributed by atoms with Crippen LogP contribution in [0.15, 0.2) is 22.6 Å². The summed E-state index contributed by atoms with van der Waals surface area (Å²) in [5, 5.41) is 3.59. The average Bonchev–Trinajstić information content (AvgIpc) is 2.89. The van der Waals surface area contributed by atoms with E-state index in [-0.39, 0.29) is 17.5 Å². The molecular weight excluding hydrogens is 307 g/mol. The van der Waals surface area contributed by atoms with Crippen molar-refractivity contribution in [3.05, 3.63) is 35.3 Å². The zero-order chi connectivity index (χ0) is 17.1. The fourth-order valence-corrected chi connectivity index (χ4v) is 3.63. The molecule has 1 amide bonds. The van der Waals surface area contributed by atoms with E-state index in [0.29, 0.717) is 23.1 Å². The van der Waals surface area contributed by atoms with E-state index in [1.54, 1.807) is 17.9 Å². The summed E-state index contributed by atoms with van der Waals surface area (Å²) in [6.45, 7) is 7.07. The Morgan fingerprint density at radius 2 is 2.25 bits per heavy atom. The number of quaternary nitrogens is 1. The molecule has 1 aromatic heterocycles. The number of halogens is 1. The predicted octanol–water partition coefficient (Wildman–Crippen LogP) is 2.46. The summed E-state index contributed by atoms with van der Waals surface area (Å²) in [6, 6.07) is 5.04. The van der Waals surface area contributed by atoms with Gasteiger partial charge in [0.25, 0.3) is 5.91 Å². The van der Waals surface area contributed by atoms with Gasteiger partial charge in [-0.05, 0) is 51.3 Å². The van der Waals surface area contributed by atoms with Crippen LogP contribution in [0.4, 0.5) is 4.39 Å². The van der Waals surface area contributed by atoms with Crippen LogP contribution in [0, 0.1) is 12.7 Å². The summed E-state index contributed by atoms with van der Waals surface area (Å²) in [7, 11) is 0. The van der Waals surface area contributed by atoms with Gasteiger partial charge in [0.1, 0.15) is 11.4 Å². The average molecular weight is 333 g/mol. The zero-order valence-corrected chi connectivity index (χ0v) is 14.5. The van der Waals surface area contributed by atoms with Crippen LogP contribution < -0.4 is 10.2 Å². The number of carbonyl (C=O) groups is 1. The topological polar surface area (TPSA) is 46.7 Å². The largest absolute Gasteiger partial charge is 0.451 e. The number of piperidine rings is 1. The molecule has 24 heavy (non-hydrogen) atoms. The SMILES string of the molecule is Cc1c(C(=O)NCCC[NH+]2CCCC[C@H]2C)oc2ccc(F)cc12. The minimum atomic E-state index is -0.322. The third-order valence-electron chi connectivity index (χ3n) is 5.15. The van der Waals surface area contributed by atoms with Gasteiger partial charge < -0.3 is 14.6 Å². The highest BCUT2D eigenvalue weighted by molar-refractivity contribution is 5.98. The molecule has 130 valence electrons. The Morgan fingerprint density at radius 1 is 1.42 bits per heavy atom. The van der Waals surface area contributed by atoms with Gasteiger partial charge in [-0.1, -0.05) is 0 Å². The van der Waals surface area contributed by atoms with Gasteiger partial charge in [-0.3, -0.25) is 4.79 Å². The van der Waals surface area contributed by atoms with E-state index in [1.807, 2.05) is 0 Å². The molecule has 1 aliphatic rings. The molecule has 1 saturated heterocycles. The zero-order valence-electron chi connectivity index (χ0n) is 14.5. The fraction of sp³-hybridized carbons (Fsp3) is 0.526. The highest BCUT2D eigenvalue weighted by atomic mass is 19.1. The Hall–Kier alpha value is -1.88. The highest BCUT2D eigenvalue weighted by Gasteiger charge is 2.21. The summed E-state index contributed by atoms with van der Waals surface area (Å²) < 4.78 is 18.9. The number of hydrogen-bond donors (Lipinski definition) is 2. The summed E-state index contributed by atoms with van der Waals surface area (Å²) in [5.41, 5.74) is 1.24. The van der Waals surface area contributed by atoms with Crippen molar-refractivity contribution in [2.45, 2.75) is 45.6 Å². The summed E-state index contributed by atoms with van der Waals surface area (Å²) in [6.07, 6.45) is 4.91. The Balaban J connectivity index is 1.54. The second-order valence-corrected chi connectivity index (χ2v) is 6.86. The molecule has 1 fully saturated rings. The van der Waals surface area contributed by atoms with Crippen LogP contribution in [-0.4, -0.2) is 31.6 Å². The molecule has 0 saturated carbocycles. The first-order valence-electron chi connectivity index (χ1n) is 8.87. The van der Waals surface area contributed by atoms with Gasteiger partial charge in [0.15, 0.2) is 5.76 Å². The molecule has 0 aliphatic carbocycles. The van der Waals surface area contributed by atoms with Crippen molar-refractivity contribution in [2.75, 3.05) is 19.6 Å². The number of likely N-dealkylation sites (tertiary alicyclic amines) is 1. The van der Waals surface area contributed by atoms with Crippen molar-refractivity contribution in [3.63, 3.8) is 0 Å². The van der Waals surface area contributed by atoms with E-state index in [1.165, 1.54) is 37.9 Å². The number of nitrogens with one attached hydrogen (secondary N) is 2. The third kappa shape index (κ3) is 3.61. The van der Waals surface area contributed by atoms with Crippen LogP contribution in [0.25, 0.3) is 11.0 Å². The van der Waals surface area contributed by atoms with Crippen molar-refractivity contribution >= 4 is 16.9 Å². The molecule has 3 rings (SSSR count). The lowest BCUT2D eigenvalue weighted by atomic mass is 10.0. The fourth-order valence-electron chi connectivity index (χ4n) is 3.63. The lowest BCUT2D eigenvalue weighted by Gasteiger charge is -2.30. The van der Waals surface area contributed by atoms with Crippen molar-refractivity contribution in [1.29, 1.82) is 0 Å². The maximum Gasteiger partial charge on any atom is 0.287 e. The van der Waals surface area contributed by atoms with Gasteiger partial charge in [-0.25, -0.2) is 4.39 Å². The number of carbonyl (C=O) groups excluding carboxylic acids is 1. The lowest BCUT2D eigenvalue weighted by Crippen LogP contribution is -3.16. The van der Waals surface area contributed by atoms with Gasteiger partial charge in [0.2, 0.25) is 0 Å². The molecule has 2 atom stereocenters. The third-order valence-corrected chi connectivity index (χ3v) is 5.15. The number of amides is 1. The molecule has 0 spiro atoms. The minimum absolute atomic E-state index is 0.217. The van der Waals surface area contributed by atoms with E-state index in [2.05, 4.69) is 12.2 Å². The molecule has 2 N–H and O–H groups in total. The van der Waals surface area contributed by atoms with Crippen LogP contribution in [0.2, 0.25) is 0 Å². The number of rotatable bonds is 5. The van der Waals surface area contributed by atoms with E-state index >= 15 is 0 Å². The molecule has 4 nitrogen and oxygen atoms in total. The van der Waals surface area contributed by atoms with Crippen molar-refractivity contribution in [3.8, 4) is 0 Å². The minimum Gasteiger partial charge on any atom is -0.451 e. The Labute approximate surface area is 142 Å². The van der Waals surface area contributed by atoms with E-state index in [0.717, 1.165) is 19.0 Å². The predicted molar refractivity (Wildman–Crippen MR) is 91.9 cm³/mol. The van der Waals surface area contributed by atoms with Gasteiger partial charge >= 0.3 is 0 Å². The first kappa shape index (κ1) is 17.0. The van der Waals surface area contributed by atoms with Crippen LogP contribution in [0.5, 0.6) is 0 Å². The second-order valence-electron chi connectivity index (χ2n) is 6.86. The smallest absolute Gasteiger partial charge is 0.287 e. The Kier molecular flexibility index (Phi) is 5.19.